The number of aromatic nitrogens is 3. The Morgan fingerprint density at radius 1 is 1.22 bits per heavy atom. The van der Waals surface area contributed by atoms with Gasteiger partial charge in [0.2, 0.25) is 0 Å². The summed E-state index contributed by atoms with van der Waals surface area (Å²) in [6.45, 7) is 2.57. The molecule has 1 aromatic carbocycles. The molecule has 5 nitrogen and oxygen atoms in total. The molecule has 0 unspecified atom stereocenters. The molecule has 0 aliphatic heterocycles. The zero-order valence-electron chi connectivity index (χ0n) is 13.6. The van der Waals surface area contributed by atoms with Crippen molar-refractivity contribution in [3.8, 4) is 0 Å². The molecule has 2 N–H and O–H groups in total. The Balaban J connectivity index is 1.48. The Hall–Kier alpha value is -2.17. The summed E-state index contributed by atoms with van der Waals surface area (Å²) in [5.41, 5.74) is 1.84. The van der Waals surface area contributed by atoms with Gasteiger partial charge in [0, 0.05) is 24.4 Å². The standard InChI is InChI=1S/C18H24N4O/c1-13-7-9-15(10-8-13)18(23)19-12-11-16-20-17(22-21-16)14-5-3-2-4-6-14/h7-10,14H,2-6,11-12H2,1H3,(H,19,23)(H,20,21,22). The summed E-state index contributed by atoms with van der Waals surface area (Å²) < 4.78 is 0. The monoisotopic (exact) mass is 312 g/mol. The number of carbonyl (C=O) groups excluding carboxylic acids is 1. The maximum Gasteiger partial charge on any atom is 0.251 e. The Morgan fingerprint density at radius 3 is 2.70 bits per heavy atom. The van der Waals surface area contributed by atoms with Gasteiger partial charge in [-0.2, -0.15) is 5.10 Å². The van der Waals surface area contributed by atoms with Crippen LogP contribution in [-0.2, 0) is 6.42 Å². The largest absolute Gasteiger partial charge is 0.352 e. The molecule has 0 radical (unpaired) electrons. The van der Waals surface area contributed by atoms with E-state index in [0.29, 0.717) is 24.4 Å². The number of carbonyl (C=O) groups is 1. The third-order valence-corrected chi connectivity index (χ3v) is 4.48. The molecule has 3 rings (SSSR count). The van der Waals surface area contributed by atoms with Crippen LogP contribution in [0.3, 0.4) is 0 Å². The van der Waals surface area contributed by atoms with E-state index in [0.717, 1.165) is 17.2 Å². The number of amides is 1. The number of nitrogens with zero attached hydrogens (tertiary/aromatic N) is 2. The van der Waals surface area contributed by atoms with Gasteiger partial charge in [0.05, 0.1) is 0 Å². The van der Waals surface area contributed by atoms with Crippen LogP contribution < -0.4 is 5.32 Å². The molecule has 1 aromatic heterocycles. The van der Waals surface area contributed by atoms with E-state index in [9.17, 15) is 4.79 Å². The molecule has 23 heavy (non-hydrogen) atoms. The van der Waals surface area contributed by atoms with Gasteiger partial charge in [0.15, 0.2) is 5.82 Å². The summed E-state index contributed by atoms with van der Waals surface area (Å²) in [5.74, 6) is 2.27. The van der Waals surface area contributed by atoms with Gasteiger partial charge < -0.3 is 5.32 Å². The van der Waals surface area contributed by atoms with Crippen LogP contribution in [0.2, 0.25) is 0 Å². The fourth-order valence-electron chi connectivity index (χ4n) is 3.07. The van der Waals surface area contributed by atoms with Gasteiger partial charge in [0.1, 0.15) is 5.82 Å². The Bertz CT molecular complexity index is 641. The lowest BCUT2D eigenvalue weighted by Gasteiger charge is -2.18. The van der Waals surface area contributed by atoms with E-state index in [1.165, 1.54) is 32.1 Å². The lowest BCUT2D eigenvalue weighted by atomic mass is 9.89. The van der Waals surface area contributed by atoms with Gasteiger partial charge in [-0.25, -0.2) is 4.98 Å². The second-order valence-corrected chi connectivity index (χ2v) is 6.35. The number of hydrogen-bond acceptors (Lipinski definition) is 3. The van der Waals surface area contributed by atoms with Gasteiger partial charge in [-0.3, -0.25) is 9.89 Å². The molecule has 0 saturated heterocycles. The first-order chi connectivity index (χ1) is 11.2. The van der Waals surface area contributed by atoms with Crippen LogP contribution in [0.15, 0.2) is 24.3 Å². The molecule has 1 aliphatic rings. The summed E-state index contributed by atoms with van der Waals surface area (Å²) in [6, 6.07) is 7.59. The number of H-pyrrole nitrogens is 1. The average molecular weight is 312 g/mol. The van der Waals surface area contributed by atoms with Crippen molar-refractivity contribution < 1.29 is 4.79 Å². The minimum Gasteiger partial charge on any atom is -0.352 e. The molecule has 5 heteroatoms. The molecular weight excluding hydrogens is 288 g/mol. The molecule has 1 amide bonds. The summed E-state index contributed by atoms with van der Waals surface area (Å²) in [6.07, 6.45) is 6.96. The van der Waals surface area contributed by atoms with E-state index in [4.69, 9.17) is 0 Å². The minimum absolute atomic E-state index is 0.0444. The molecule has 1 heterocycles. The smallest absolute Gasteiger partial charge is 0.251 e. The van der Waals surface area contributed by atoms with Crippen molar-refractivity contribution in [2.45, 2.75) is 51.4 Å². The lowest BCUT2D eigenvalue weighted by Crippen LogP contribution is -2.25. The van der Waals surface area contributed by atoms with Crippen LogP contribution in [0.4, 0.5) is 0 Å². The highest BCUT2D eigenvalue weighted by molar-refractivity contribution is 5.94. The van der Waals surface area contributed by atoms with Crippen molar-refractivity contribution in [3.05, 3.63) is 47.0 Å². The number of hydrogen-bond donors (Lipinski definition) is 2. The molecule has 122 valence electrons. The molecule has 1 saturated carbocycles. The SMILES string of the molecule is Cc1ccc(C(=O)NCCc2nc(C3CCCCC3)n[nH]2)cc1. The molecule has 0 bridgehead atoms. The van der Waals surface area contributed by atoms with Gasteiger partial charge in [-0.15, -0.1) is 0 Å². The molecular formula is C18H24N4O. The predicted molar refractivity (Wildman–Crippen MR) is 89.4 cm³/mol. The van der Waals surface area contributed by atoms with Gasteiger partial charge in [-0.1, -0.05) is 37.0 Å². The van der Waals surface area contributed by atoms with E-state index in [1.54, 1.807) is 0 Å². The van der Waals surface area contributed by atoms with Gasteiger partial charge in [-0.05, 0) is 31.9 Å². The molecule has 0 spiro atoms. The average Bonchev–Trinajstić information content (AvgIpc) is 3.05. The summed E-state index contributed by atoms with van der Waals surface area (Å²) in [4.78, 5) is 16.6. The van der Waals surface area contributed by atoms with Crippen molar-refractivity contribution in [3.63, 3.8) is 0 Å². The summed E-state index contributed by atoms with van der Waals surface area (Å²) in [5, 5.41) is 10.3. The summed E-state index contributed by atoms with van der Waals surface area (Å²) in [7, 11) is 0. The fourth-order valence-corrected chi connectivity index (χ4v) is 3.07. The van der Waals surface area contributed by atoms with Gasteiger partial charge in [0.25, 0.3) is 5.91 Å². The first kappa shape index (κ1) is 15.7. The molecule has 0 atom stereocenters. The van der Waals surface area contributed by atoms with Crippen LogP contribution in [0.25, 0.3) is 0 Å². The minimum atomic E-state index is -0.0444. The fraction of sp³-hybridized carbons (Fsp3) is 0.500. The predicted octanol–water partition coefficient (Wildman–Crippen LogP) is 3.13. The van der Waals surface area contributed by atoms with Crippen molar-refractivity contribution >= 4 is 5.91 Å². The Labute approximate surface area is 136 Å². The third kappa shape index (κ3) is 4.18. The zero-order valence-corrected chi connectivity index (χ0v) is 13.6. The van der Waals surface area contributed by atoms with Crippen LogP contribution in [0.5, 0.6) is 0 Å². The van der Waals surface area contributed by atoms with Crippen molar-refractivity contribution in [2.75, 3.05) is 6.54 Å². The highest BCUT2D eigenvalue weighted by Gasteiger charge is 2.19. The third-order valence-electron chi connectivity index (χ3n) is 4.48. The van der Waals surface area contributed by atoms with E-state index < -0.39 is 0 Å². The van der Waals surface area contributed by atoms with E-state index in [-0.39, 0.29) is 5.91 Å². The van der Waals surface area contributed by atoms with E-state index in [1.807, 2.05) is 31.2 Å². The number of nitrogens with one attached hydrogen (secondary N) is 2. The van der Waals surface area contributed by atoms with Crippen molar-refractivity contribution in [1.82, 2.24) is 20.5 Å². The van der Waals surface area contributed by atoms with Crippen LogP contribution in [-0.4, -0.2) is 27.6 Å². The second-order valence-electron chi connectivity index (χ2n) is 6.35. The summed E-state index contributed by atoms with van der Waals surface area (Å²) >= 11 is 0. The number of benzene rings is 1. The van der Waals surface area contributed by atoms with E-state index >= 15 is 0 Å². The molecule has 2 aromatic rings. The number of aromatic amines is 1. The highest BCUT2D eigenvalue weighted by Crippen LogP contribution is 2.30. The zero-order chi connectivity index (χ0) is 16.1. The highest BCUT2D eigenvalue weighted by atomic mass is 16.1. The first-order valence-electron chi connectivity index (χ1n) is 8.48. The van der Waals surface area contributed by atoms with Crippen molar-refractivity contribution in [1.29, 1.82) is 0 Å². The second kappa shape index (κ2) is 7.40. The Morgan fingerprint density at radius 2 is 1.96 bits per heavy atom. The van der Waals surface area contributed by atoms with E-state index in [2.05, 4.69) is 20.5 Å². The normalized spacial score (nSPS) is 15.5. The molecule has 1 fully saturated rings. The maximum atomic E-state index is 12.0. The molecule has 1 aliphatic carbocycles. The van der Waals surface area contributed by atoms with Crippen LogP contribution >= 0.6 is 0 Å². The number of aryl methyl sites for hydroxylation is 1. The van der Waals surface area contributed by atoms with Crippen molar-refractivity contribution in [2.24, 2.45) is 0 Å². The number of rotatable bonds is 5. The van der Waals surface area contributed by atoms with Crippen LogP contribution in [0.1, 0.15) is 65.6 Å². The van der Waals surface area contributed by atoms with Crippen LogP contribution in [0, 0.1) is 6.92 Å². The Kier molecular flexibility index (Phi) is 5.05. The first-order valence-corrected chi connectivity index (χ1v) is 8.48. The quantitative estimate of drug-likeness (QED) is 0.891. The lowest BCUT2D eigenvalue weighted by molar-refractivity contribution is 0.0954. The van der Waals surface area contributed by atoms with Gasteiger partial charge >= 0.3 is 0 Å². The topological polar surface area (TPSA) is 70.7 Å². The maximum absolute atomic E-state index is 12.0.